The zero-order valence-corrected chi connectivity index (χ0v) is 18.1. The van der Waals surface area contributed by atoms with Gasteiger partial charge in [-0.2, -0.15) is 0 Å². The van der Waals surface area contributed by atoms with Gasteiger partial charge in [-0.1, -0.05) is 25.5 Å². The molecule has 2 atom stereocenters. The number of amides is 1. The van der Waals surface area contributed by atoms with Gasteiger partial charge in [0.2, 0.25) is 0 Å². The highest BCUT2D eigenvalue weighted by atomic mass is 16.5. The maximum Gasteiger partial charge on any atom is 0.295 e. The molecule has 0 saturated carbocycles. The summed E-state index contributed by atoms with van der Waals surface area (Å²) < 4.78 is 11.0. The van der Waals surface area contributed by atoms with Gasteiger partial charge in [-0.3, -0.25) is 9.59 Å². The smallest absolute Gasteiger partial charge is 0.295 e. The van der Waals surface area contributed by atoms with Crippen molar-refractivity contribution in [3.8, 4) is 11.5 Å². The van der Waals surface area contributed by atoms with E-state index in [9.17, 15) is 14.7 Å². The van der Waals surface area contributed by atoms with Crippen LogP contribution >= 0.6 is 0 Å². The van der Waals surface area contributed by atoms with Crippen molar-refractivity contribution >= 4 is 17.4 Å². The summed E-state index contributed by atoms with van der Waals surface area (Å²) in [6.07, 6.45) is 2.48. The molecule has 2 aliphatic rings. The average Bonchev–Trinajstić information content (AvgIpc) is 3.27. The number of Topliss-reactive ketones (excluding diaryl/α,β-unsaturated/α-hetero) is 1. The molecule has 162 valence electrons. The van der Waals surface area contributed by atoms with Crippen LogP contribution in [0.2, 0.25) is 0 Å². The molecule has 2 heterocycles. The molecule has 2 unspecified atom stereocenters. The van der Waals surface area contributed by atoms with E-state index < -0.39 is 17.7 Å². The molecule has 31 heavy (non-hydrogen) atoms. The summed E-state index contributed by atoms with van der Waals surface area (Å²) >= 11 is 0. The van der Waals surface area contributed by atoms with Gasteiger partial charge in [-0.05, 0) is 54.8 Å². The number of rotatable bonds is 6. The Kier molecular flexibility index (Phi) is 5.72. The molecule has 6 nitrogen and oxygen atoms in total. The number of hydrogen-bond acceptors (Lipinski definition) is 5. The number of carbonyl (C=O) groups is 2. The van der Waals surface area contributed by atoms with Crippen LogP contribution in [0.15, 0.2) is 48.0 Å². The van der Waals surface area contributed by atoms with Crippen molar-refractivity contribution in [2.75, 3.05) is 13.7 Å². The number of hydrogen-bond donors (Lipinski definition) is 1. The molecule has 2 aromatic rings. The van der Waals surface area contributed by atoms with Crippen LogP contribution in [0.5, 0.6) is 11.5 Å². The van der Waals surface area contributed by atoms with Crippen molar-refractivity contribution in [1.82, 2.24) is 4.90 Å². The fourth-order valence-electron chi connectivity index (χ4n) is 4.30. The van der Waals surface area contributed by atoms with Gasteiger partial charge in [0.05, 0.1) is 18.7 Å². The molecule has 0 radical (unpaired) electrons. The highest BCUT2D eigenvalue weighted by Gasteiger charge is 2.45. The molecule has 1 fully saturated rings. The van der Waals surface area contributed by atoms with Crippen LogP contribution in [0.3, 0.4) is 0 Å². The molecule has 1 N–H and O–H groups in total. The molecule has 1 amide bonds. The summed E-state index contributed by atoms with van der Waals surface area (Å²) in [5, 5.41) is 11.2. The predicted octanol–water partition coefficient (Wildman–Crippen LogP) is 4.24. The van der Waals surface area contributed by atoms with Crippen molar-refractivity contribution < 1.29 is 24.2 Å². The number of unbranched alkanes of at least 4 members (excludes halogenated alkanes) is 1. The highest BCUT2D eigenvalue weighted by molar-refractivity contribution is 6.46. The summed E-state index contributed by atoms with van der Waals surface area (Å²) in [5.74, 6) is 0.0927. The van der Waals surface area contributed by atoms with Crippen LogP contribution in [-0.4, -0.2) is 41.5 Å². The first-order valence-corrected chi connectivity index (χ1v) is 10.7. The summed E-state index contributed by atoms with van der Waals surface area (Å²) in [4.78, 5) is 27.5. The lowest BCUT2D eigenvalue weighted by Crippen LogP contribution is -2.30. The Morgan fingerprint density at radius 1 is 1.19 bits per heavy atom. The molecule has 0 aliphatic carbocycles. The molecule has 2 aliphatic heterocycles. The van der Waals surface area contributed by atoms with E-state index in [1.165, 1.54) is 0 Å². The molecule has 0 aromatic heterocycles. The first kappa shape index (κ1) is 21.0. The standard InChI is InChI=1S/C25H27NO5/c1-4-5-12-26-22(16-6-9-19(30-3)10-7-16)21(24(28)25(26)29)23(27)17-8-11-20-18(14-17)13-15(2)31-20/h6-11,14-15,22,27H,4-5,12-13H2,1-3H3/b23-21-. The molecule has 0 bridgehead atoms. The number of carbonyl (C=O) groups excluding carboxylic acids is 2. The minimum atomic E-state index is -0.653. The quantitative estimate of drug-likeness (QED) is 0.429. The summed E-state index contributed by atoms with van der Waals surface area (Å²) in [7, 11) is 1.58. The molecular weight excluding hydrogens is 394 g/mol. The van der Waals surface area contributed by atoms with Crippen LogP contribution in [-0.2, 0) is 16.0 Å². The zero-order valence-electron chi connectivity index (χ0n) is 18.1. The van der Waals surface area contributed by atoms with Crippen molar-refractivity contribution in [3.05, 3.63) is 64.7 Å². The van der Waals surface area contributed by atoms with E-state index in [4.69, 9.17) is 9.47 Å². The molecule has 4 rings (SSSR count). The fraction of sp³-hybridized carbons (Fsp3) is 0.360. The van der Waals surface area contributed by atoms with Crippen LogP contribution in [0.25, 0.3) is 5.76 Å². The summed E-state index contributed by atoms with van der Waals surface area (Å²) in [6, 6.07) is 12.0. The van der Waals surface area contributed by atoms with E-state index in [1.54, 1.807) is 30.2 Å². The third-order valence-electron chi connectivity index (χ3n) is 5.89. The van der Waals surface area contributed by atoms with Crippen molar-refractivity contribution in [2.24, 2.45) is 0 Å². The van der Waals surface area contributed by atoms with Crippen LogP contribution in [0, 0.1) is 0 Å². The Balaban J connectivity index is 1.81. The zero-order chi connectivity index (χ0) is 22.1. The maximum atomic E-state index is 13.0. The molecule has 1 saturated heterocycles. The summed E-state index contributed by atoms with van der Waals surface area (Å²) in [6.45, 7) is 4.47. The number of ketones is 1. The number of benzene rings is 2. The van der Waals surface area contributed by atoms with E-state index in [0.717, 1.165) is 36.1 Å². The van der Waals surface area contributed by atoms with Crippen molar-refractivity contribution in [1.29, 1.82) is 0 Å². The lowest BCUT2D eigenvalue weighted by Gasteiger charge is -2.25. The number of nitrogens with zero attached hydrogens (tertiary/aromatic N) is 1. The minimum absolute atomic E-state index is 0.0753. The number of aliphatic hydroxyl groups is 1. The van der Waals surface area contributed by atoms with Gasteiger partial charge in [0.1, 0.15) is 23.4 Å². The van der Waals surface area contributed by atoms with Crippen LogP contribution in [0.1, 0.15) is 49.4 Å². The third kappa shape index (κ3) is 3.78. The Morgan fingerprint density at radius 3 is 2.61 bits per heavy atom. The van der Waals surface area contributed by atoms with E-state index in [0.29, 0.717) is 17.9 Å². The molecule has 6 heteroatoms. The SMILES string of the molecule is CCCCN1C(=O)C(=O)/C(=C(\O)c2ccc3c(c2)CC(C)O3)C1c1ccc(OC)cc1. The predicted molar refractivity (Wildman–Crippen MR) is 117 cm³/mol. The van der Waals surface area contributed by atoms with E-state index in [2.05, 4.69) is 0 Å². The number of ether oxygens (including phenoxy) is 2. The number of aliphatic hydroxyl groups excluding tert-OH is 1. The van der Waals surface area contributed by atoms with Gasteiger partial charge in [0.25, 0.3) is 11.7 Å². The average molecular weight is 421 g/mol. The van der Waals surface area contributed by atoms with Gasteiger partial charge in [-0.15, -0.1) is 0 Å². The van der Waals surface area contributed by atoms with Gasteiger partial charge in [0.15, 0.2) is 0 Å². The highest BCUT2D eigenvalue weighted by Crippen LogP contribution is 2.41. The van der Waals surface area contributed by atoms with Crippen LogP contribution in [0.4, 0.5) is 0 Å². The van der Waals surface area contributed by atoms with E-state index in [1.807, 2.05) is 38.1 Å². The first-order chi connectivity index (χ1) is 14.9. The first-order valence-electron chi connectivity index (χ1n) is 10.7. The van der Waals surface area contributed by atoms with Gasteiger partial charge in [0, 0.05) is 18.5 Å². The topological polar surface area (TPSA) is 76.1 Å². The Bertz CT molecular complexity index is 1040. The van der Waals surface area contributed by atoms with Crippen molar-refractivity contribution in [3.63, 3.8) is 0 Å². The van der Waals surface area contributed by atoms with Crippen LogP contribution < -0.4 is 9.47 Å². The van der Waals surface area contributed by atoms with Crippen molar-refractivity contribution in [2.45, 2.75) is 45.3 Å². The monoisotopic (exact) mass is 421 g/mol. The maximum absolute atomic E-state index is 13.0. The Hall–Kier alpha value is -3.28. The van der Waals surface area contributed by atoms with E-state index >= 15 is 0 Å². The molecular formula is C25H27NO5. The fourth-order valence-corrected chi connectivity index (χ4v) is 4.30. The summed E-state index contributed by atoms with van der Waals surface area (Å²) in [5.41, 5.74) is 2.38. The van der Waals surface area contributed by atoms with Gasteiger partial charge in [-0.25, -0.2) is 0 Å². The second-order valence-electron chi connectivity index (χ2n) is 8.07. The third-order valence-corrected chi connectivity index (χ3v) is 5.89. The lowest BCUT2D eigenvalue weighted by atomic mass is 9.94. The number of likely N-dealkylation sites (tertiary alicyclic amines) is 1. The lowest BCUT2D eigenvalue weighted by molar-refractivity contribution is -0.139. The second kappa shape index (κ2) is 8.46. The second-order valence-corrected chi connectivity index (χ2v) is 8.07. The molecule has 2 aromatic carbocycles. The molecule has 0 spiro atoms. The largest absolute Gasteiger partial charge is 0.507 e. The van der Waals surface area contributed by atoms with Gasteiger partial charge >= 0.3 is 0 Å². The Morgan fingerprint density at radius 2 is 1.94 bits per heavy atom. The van der Waals surface area contributed by atoms with E-state index in [-0.39, 0.29) is 17.4 Å². The number of fused-ring (bicyclic) bond motifs is 1. The number of methoxy groups -OCH3 is 1. The normalized spacial score (nSPS) is 21.8. The minimum Gasteiger partial charge on any atom is -0.507 e. The Labute approximate surface area is 182 Å². The van der Waals surface area contributed by atoms with Gasteiger partial charge < -0.3 is 19.5 Å².